The Morgan fingerprint density at radius 3 is 3.04 bits per heavy atom. The highest BCUT2D eigenvalue weighted by atomic mass is 32.1. The number of anilines is 1. The standard InChI is InChI=1S/C18H23N3OS/c1-14-5-3-7-17(19-14)21-9-4-6-16(12-21)20(2)18(22)11-15-8-10-23-13-15/h3,5,7-8,10,13,16H,4,6,9,11-12H2,1-2H3/t16-/m0/s1. The number of hydrogen-bond acceptors (Lipinski definition) is 4. The van der Waals surface area contributed by atoms with E-state index in [1.807, 2.05) is 42.5 Å². The van der Waals surface area contributed by atoms with Crippen LogP contribution in [0.4, 0.5) is 5.82 Å². The maximum atomic E-state index is 12.5. The van der Waals surface area contributed by atoms with Crippen molar-refractivity contribution >= 4 is 23.1 Å². The van der Waals surface area contributed by atoms with Gasteiger partial charge in [-0.15, -0.1) is 0 Å². The first kappa shape index (κ1) is 16.0. The summed E-state index contributed by atoms with van der Waals surface area (Å²) >= 11 is 1.64. The molecule has 2 aromatic rings. The summed E-state index contributed by atoms with van der Waals surface area (Å²) in [5, 5.41) is 4.07. The molecule has 0 aliphatic carbocycles. The van der Waals surface area contributed by atoms with E-state index in [1.54, 1.807) is 11.3 Å². The van der Waals surface area contributed by atoms with Gasteiger partial charge in [0.25, 0.3) is 0 Å². The Labute approximate surface area is 141 Å². The van der Waals surface area contributed by atoms with Gasteiger partial charge in [0.15, 0.2) is 0 Å². The predicted octanol–water partition coefficient (Wildman–Crippen LogP) is 3.12. The van der Waals surface area contributed by atoms with E-state index in [0.29, 0.717) is 6.42 Å². The molecule has 23 heavy (non-hydrogen) atoms. The molecule has 0 N–H and O–H groups in total. The SMILES string of the molecule is Cc1cccc(N2CCC[C@H](N(C)C(=O)Cc3ccsc3)C2)n1. The number of hydrogen-bond donors (Lipinski definition) is 0. The summed E-state index contributed by atoms with van der Waals surface area (Å²) in [6.07, 6.45) is 2.66. The van der Waals surface area contributed by atoms with E-state index < -0.39 is 0 Å². The quantitative estimate of drug-likeness (QED) is 0.865. The van der Waals surface area contributed by atoms with Gasteiger partial charge in [-0.25, -0.2) is 4.98 Å². The third-order valence-electron chi connectivity index (χ3n) is 4.47. The Bertz CT molecular complexity index is 656. The molecule has 1 amide bonds. The van der Waals surface area contributed by atoms with Crippen molar-refractivity contribution in [2.24, 2.45) is 0 Å². The summed E-state index contributed by atoms with van der Waals surface area (Å²) in [6, 6.07) is 8.41. The maximum Gasteiger partial charge on any atom is 0.227 e. The third-order valence-corrected chi connectivity index (χ3v) is 5.20. The number of carbonyl (C=O) groups excluding carboxylic acids is 1. The monoisotopic (exact) mass is 329 g/mol. The lowest BCUT2D eigenvalue weighted by molar-refractivity contribution is -0.131. The summed E-state index contributed by atoms with van der Waals surface area (Å²) in [6.45, 7) is 3.89. The number of pyridine rings is 1. The Balaban J connectivity index is 1.64. The molecule has 0 unspecified atom stereocenters. The molecule has 122 valence electrons. The number of piperidine rings is 1. The van der Waals surface area contributed by atoms with E-state index in [9.17, 15) is 4.79 Å². The Morgan fingerprint density at radius 2 is 2.30 bits per heavy atom. The molecule has 1 aliphatic heterocycles. The third kappa shape index (κ3) is 3.91. The first-order chi connectivity index (χ1) is 11.1. The number of aromatic nitrogens is 1. The zero-order valence-corrected chi connectivity index (χ0v) is 14.6. The second kappa shape index (κ2) is 7.13. The fourth-order valence-electron chi connectivity index (χ4n) is 3.08. The van der Waals surface area contributed by atoms with E-state index in [0.717, 1.165) is 43.0 Å². The average molecular weight is 329 g/mol. The summed E-state index contributed by atoms with van der Waals surface area (Å²) < 4.78 is 0. The molecule has 0 spiro atoms. The normalized spacial score (nSPS) is 18.0. The molecule has 3 heterocycles. The second-order valence-electron chi connectivity index (χ2n) is 6.19. The van der Waals surface area contributed by atoms with Crippen molar-refractivity contribution in [3.63, 3.8) is 0 Å². The molecule has 1 aliphatic rings. The summed E-state index contributed by atoms with van der Waals surface area (Å²) in [7, 11) is 1.94. The van der Waals surface area contributed by atoms with Crippen LogP contribution >= 0.6 is 11.3 Å². The van der Waals surface area contributed by atoms with Crippen LogP contribution in [-0.4, -0.2) is 42.0 Å². The molecule has 0 saturated carbocycles. The minimum atomic E-state index is 0.201. The van der Waals surface area contributed by atoms with E-state index in [1.165, 1.54) is 0 Å². The van der Waals surface area contributed by atoms with Crippen LogP contribution in [0.5, 0.6) is 0 Å². The molecule has 3 rings (SSSR count). The van der Waals surface area contributed by atoms with Crippen LogP contribution in [0.2, 0.25) is 0 Å². The average Bonchev–Trinajstić information content (AvgIpc) is 3.07. The fraction of sp³-hybridized carbons (Fsp3) is 0.444. The molecule has 0 bridgehead atoms. The molecule has 4 nitrogen and oxygen atoms in total. The van der Waals surface area contributed by atoms with E-state index in [-0.39, 0.29) is 11.9 Å². The zero-order chi connectivity index (χ0) is 16.2. The smallest absolute Gasteiger partial charge is 0.227 e. The molecule has 2 aromatic heterocycles. The number of nitrogens with zero attached hydrogens (tertiary/aromatic N) is 3. The van der Waals surface area contributed by atoms with Crippen molar-refractivity contribution in [1.82, 2.24) is 9.88 Å². The van der Waals surface area contributed by atoms with Crippen molar-refractivity contribution < 1.29 is 4.79 Å². The van der Waals surface area contributed by atoms with Crippen molar-refractivity contribution in [2.45, 2.75) is 32.2 Å². The fourth-order valence-corrected chi connectivity index (χ4v) is 3.75. The number of aryl methyl sites for hydroxylation is 1. The van der Waals surface area contributed by atoms with Crippen LogP contribution in [0.25, 0.3) is 0 Å². The van der Waals surface area contributed by atoms with Crippen LogP contribution in [0, 0.1) is 6.92 Å². The predicted molar refractivity (Wildman–Crippen MR) is 95.0 cm³/mol. The number of rotatable bonds is 4. The molecule has 0 radical (unpaired) electrons. The zero-order valence-electron chi connectivity index (χ0n) is 13.7. The minimum absolute atomic E-state index is 0.201. The minimum Gasteiger partial charge on any atom is -0.355 e. The first-order valence-corrected chi connectivity index (χ1v) is 9.03. The molecule has 1 atom stereocenters. The van der Waals surface area contributed by atoms with Gasteiger partial charge in [-0.3, -0.25) is 4.79 Å². The largest absolute Gasteiger partial charge is 0.355 e. The van der Waals surface area contributed by atoms with Gasteiger partial charge >= 0.3 is 0 Å². The Kier molecular flexibility index (Phi) is 4.96. The second-order valence-corrected chi connectivity index (χ2v) is 6.97. The number of carbonyl (C=O) groups is 1. The van der Waals surface area contributed by atoms with Crippen LogP contribution < -0.4 is 4.90 Å². The van der Waals surface area contributed by atoms with Crippen LogP contribution in [0.15, 0.2) is 35.0 Å². The van der Waals surface area contributed by atoms with Gasteiger partial charge in [0.05, 0.1) is 6.42 Å². The van der Waals surface area contributed by atoms with Crippen molar-refractivity contribution in [3.05, 3.63) is 46.3 Å². The molecular formula is C18H23N3OS. The molecular weight excluding hydrogens is 306 g/mol. The topological polar surface area (TPSA) is 36.4 Å². The van der Waals surface area contributed by atoms with Crippen molar-refractivity contribution in [3.8, 4) is 0 Å². The molecule has 1 fully saturated rings. The lowest BCUT2D eigenvalue weighted by Gasteiger charge is -2.38. The van der Waals surface area contributed by atoms with Gasteiger partial charge in [0.2, 0.25) is 5.91 Å². The number of likely N-dealkylation sites (N-methyl/N-ethyl adjacent to an activating group) is 1. The van der Waals surface area contributed by atoms with Gasteiger partial charge in [0.1, 0.15) is 5.82 Å². The highest BCUT2D eigenvalue weighted by Crippen LogP contribution is 2.21. The summed E-state index contributed by atoms with van der Waals surface area (Å²) in [4.78, 5) is 21.4. The Morgan fingerprint density at radius 1 is 1.43 bits per heavy atom. The van der Waals surface area contributed by atoms with Gasteiger partial charge in [-0.2, -0.15) is 11.3 Å². The Hall–Kier alpha value is -1.88. The number of amides is 1. The lowest BCUT2D eigenvalue weighted by Crippen LogP contribution is -2.49. The molecule has 1 saturated heterocycles. The van der Waals surface area contributed by atoms with Gasteiger partial charge in [0, 0.05) is 31.9 Å². The molecule has 5 heteroatoms. The van der Waals surface area contributed by atoms with Gasteiger partial charge in [-0.1, -0.05) is 6.07 Å². The van der Waals surface area contributed by atoms with E-state index in [4.69, 9.17) is 0 Å². The van der Waals surface area contributed by atoms with E-state index >= 15 is 0 Å². The summed E-state index contributed by atoms with van der Waals surface area (Å²) in [5.74, 6) is 1.22. The molecule has 0 aromatic carbocycles. The van der Waals surface area contributed by atoms with Crippen LogP contribution in [-0.2, 0) is 11.2 Å². The highest BCUT2D eigenvalue weighted by molar-refractivity contribution is 7.07. The number of thiophene rings is 1. The van der Waals surface area contributed by atoms with Crippen molar-refractivity contribution in [2.75, 3.05) is 25.0 Å². The van der Waals surface area contributed by atoms with Crippen molar-refractivity contribution in [1.29, 1.82) is 0 Å². The van der Waals surface area contributed by atoms with Crippen LogP contribution in [0.1, 0.15) is 24.1 Å². The lowest BCUT2D eigenvalue weighted by atomic mass is 10.0. The van der Waals surface area contributed by atoms with Gasteiger partial charge in [-0.05, 0) is 54.3 Å². The van der Waals surface area contributed by atoms with Crippen LogP contribution in [0.3, 0.4) is 0 Å². The highest BCUT2D eigenvalue weighted by Gasteiger charge is 2.26. The maximum absolute atomic E-state index is 12.5. The van der Waals surface area contributed by atoms with Gasteiger partial charge < -0.3 is 9.80 Å². The van der Waals surface area contributed by atoms with E-state index in [2.05, 4.69) is 21.3 Å². The summed E-state index contributed by atoms with van der Waals surface area (Å²) in [5.41, 5.74) is 2.14. The first-order valence-electron chi connectivity index (χ1n) is 8.09.